The first kappa shape index (κ1) is 34.9. The van der Waals surface area contributed by atoms with Gasteiger partial charge in [0, 0.05) is 39.9 Å². The van der Waals surface area contributed by atoms with Gasteiger partial charge in [0.15, 0.2) is 0 Å². The molecule has 0 nitrogen and oxygen atoms in total. The fraction of sp³-hybridized carbons (Fsp3) is 0. The van der Waals surface area contributed by atoms with Gasteiger partial charge in [0.05, 0.1) is 0 Å². The second-order valence-corrected chi connectivity index (χ2v) is 0. The Morgan fingerprint density at radius 1 is 0.400 bits per heavy atom. The maximum atomic E-state index is 0. The van der Waals surface area contributed by atoms with E-state index in [2.05, 4.69) is 0 Å². The Morgan fingerprint density at radius 3 is 0.400 bits per heavy atom. The molecule has 0 saturated heterocycles. The van der Waals surface area contributed by atoms with E-state index in [9.17, 15) is 0 Å². The summed E-state index contributed by atoms with van der Waals surface area (Å²) in [6.45, 7) is 0. The van der Waals surface area contributed by atoms with Crippen molar-refractivity contribution in [3.05, 3.63) is 0 Å². The second-order valence-electron chi connectivity index (χ2n) is 0. The van der Waals surface area contributed by atoms with Crippen LogP contribution in [0.2, 0.25) is 0 Å². The average Bonchev–Trinajstić information content (AvgIpc) is 0. The van der Waals surface area contributed by atoms with Crippen LogP contribution in [-0.4, -0.2) is 0 Å². The third-order valence-electron chi connectivity index (χ3n) is 0. The maximum Gasteiger partial charge on any atom is 0 e. The van der Waals surface area contributed by atoms with Gasteiger partial charge in [-0.15, -0.1) is 95.9 Å². The van der Waals surface area contributed by atoms with Gasteiger partial charge < -0.3 is 0 Å². The van der Waals surface area contributed by atoms with E-state index in [1.165, 1.54) is 0 Å². The molecule has 0 aromatic carbocycles. The van der Waals surface area contributed by atoms with Crippen molar-refractivity contribution >= 4 is 95.9 Å². The third-order valence-corrected chi connectivity index (χ3v) is 0. The van der Waals surface area contributed by atoms with Crippen LogP contribution in [-0.2, 0) is 0 Å². The minimum atomic E-state index is 0. The zero-order chi connectivity index (χ0) is 0. The van der Waals surface area contributed by atoms with Gasteiger partial charge in [-0.1, -0.05) is 0 Å². The molecular weight excluding hydrogens is 740 g/mol. The van der Waals surface area contributed by atoms with E-state index in [1.54, 1.807) is 0 Å². The van der Waals surface area contributed by atoms with Crippen molar-refractivity contribution in [1.82, 2.24) is 0 Å². The fourth-order valence-electron chi connectivity index (χ4n) is 0. The van der Waals surface area contributed by atoms with Gasteiger partial charge in [-0.3, -0.25) is 0 Å². The third kappa shape index (κ3) is 17.8. The van der Waals surface area contributed by atoms with Crippen LogP contribution in [0.25, 0.3) is 0 Å². The molecule has 0 N–H and O–H groups in total. The molecule has 5 heavy (non-hydrogen) atoms. The first-order chi connectivity index (χ1) is 0. The molecule has 0 saturated carbocycles. The van der Waals surface area contributed by atoms with Crippen LogP contribution in [0.1, 0.15) is 0 Å². The topological polar surface area (TPSA) is 0 Å². The van der Waals surface area contributed by atoms with Crippen molar-refractivity contribution in [3.8, 4) is 0 Å². The Morgan fingerprint density at radius 2 is 0.400 bits per heavy atom. The summed E-state index contributed by atoms with van der Waals surface area (Å²) < 4.78 is 0. The van der Waals surface area contributed by atoms with Crippen LogP contribution < -0.4 is 0 Å². The molecule has 0 rings (SSSR count). The molecule has 0 atom stereocenters. The summed E-state index contributed by atoms with van der Waals surface area (Å²) >= 11 is 0. The van der Waals surface area contributed by atoms with Gasteiger partial charge in [0.2, 0.25) is 0 Å². The summed E-state index contributed by atoms with van der Waals surface area (Å²) in [5.41, 5.74) is 0. The standard InChI is InChI=1S/4HI.Th/h4*1H;. The van der Waals surface area contributed by atoms with Crippen LogP contribution >= 0.6 is 95.9 Å². The molecule has 0 fully saturated rings. The van der Waals surface area contributed by atoms with E-state index in [1.807, 2.05) is 0 Å². The van der Waals surface area contributed by atoms with E-state index in [4.69, 9.17) is 0 Å². The molecule has 0 unspecified atom stereocenters. The van der Waals surface area contributed by atoms with Crippen molar-refractivity contribution in [1.29, 1.82) is 0 Å². The molecule has 0 aliphatic carbocycles. The van der Waals surface area contributed by atoms with E-state index in [0.29, 0.717) is 0 Å². The van der Waals surface area contributed by atoms with E-state index < -0.39 is 0 Å². The van der Waals surface area contributed by atoms with Crippen LogP contribution in [0.5, 0.6) is 0 Å². The second kappa shape index (κ2) is 24.0. The molecule has 0 heterocycles. The van der Waals surface area contributed by atoms with Crippen molar-refractivity contribution in [2.75, 3.05) is 0 Å². The van der Waals surface area contributed by atoms with Crippen LogP contribution in [0.3, 0.4) is 0 Å². The van der Waals surface area contributed by atoms with E-state index in [-0.39, 0.29) is 136 Å². The SMILES string of the molecule is I.I.I.I.[Th]. The Bertz CT molecular complexity index is 3.61. The van der Waals surface area contributed by atoms with Gasteiger partial charge in [-0.25, -0.2) is 0 Å². The van der Waals surface area contributed by atoms with Crippen molar-refractivity contribution in [2.45, 2.75) is 0 Å². The maximum absolute atomic E-state index is 0. The molecular formula is H4I4Th. The first-order valence-electron chi connectivity index (χ1n) is 0. The number of hydrogen-bond acceptors (Lipinski definition) is 0. The predicted molar refractivity (Wildman–Crippen MR) is 61.7 cm³/mol. The van der Waals surface area contributed by atoms with Gasteiger partial charge in [-0.05, 0) is 0 Å². The van der Waals surface area contributed by atoms with Crippen molar-refractivity contribution in [2.24, 2.45) is 0 Å². The summed E-state index contributed by atoms with van der Waals surface area (Å²) in [4.78, 5) is 0. The molecule has 0 aliphatic heterocycles. The molecule has 0 radical (unpaired) electrons. The van der Waals surface area contributed by atoms with Crippen molar-refractivity contribution in [3.63, 3.8) is 0 Å². The number of rotatable bonds is 0. The molecule has 0 spiro atoms. The van der Waals surface area contributed by atoms with Gasteiger partial charge >= 0.3 is 0 Å². The van der Waals surface area contributed by atoms with Crippen LogP contribution in [0.4, 0.5) is 0 Å². The Kier molecular flexibility index (Phi) is 168. The zero-order valence-corrected chi connectivity index (χ0v) is 15.6. The minimum absolute atomic E-state index is 0. The fourth-order valence-corrected chi connectivity index (χ4v) is 0. The van der Waals surface area contributed by atoms with Gasteiger partial charge in [0.1, 0.15) is 0 Å². The summed E-state index contributed by atoms with van der Waals surface area (Å²) in [7, 11) is 0. The molecule has 36 valence electrons. The summed E-state index contributed by atoms with van der Waals surface area (Å²) in [5.74, 6) is 0. The van der Waals surface area contributed by atoms with Crippen molar-refractivity contribution < 1.29 is 39.9 Å². The Labute approximate surface area is 132 Å². The van der Waals surface area contributed by atoms with Gasteiger partial charge in [-0.2, -0.15) is 0 Å². The van der Waals surface area contributed by atoms with Crippen LogP contribution in [0, 0.1) is 39.9 Å². The van der Waals surface area contributed by atoms with Crippen LogP contribution in [0.15, 0.2) is 0 Å². The Balaban J connectivity index is 0. The minimum Gasteiger partial charge on any atom is -0.107 e. The van der Waals surface area contributed by atoms with E-state index >= 15 is 0 Å². The number of hydrogen-bond donors (Lipinski definition) is 0. The van der Waals surface area contributed by atoms with Gasteiger partial charge in [0.25, 0.3) is 0 Å². The quantitative estimate of drug-likeness (QED) is 0.335. The Hall–Kier alpha value is 4.24. The molecule has 5 heteroatoms. The molecule has 0 aromatic heterocycles. The number of halogens is 4. The molecule has 0 bridgehead atoms. The zero-order valence-electron chi connectivity index (χ0n) is 2.13. The predicted octanol–water partition coefficient (Wildman–Crippen LogP) is 2.47. The molecule has 0 aromatic rings. The molecule has 0 aliphatic rings. The monoisotopic (exact) mass is 744 g/mol. The normalized spacial score (nSPS) is 0. The van der Waals surface area contributed by atoms with E-state index in [0.717, 1.165) is 0 Å². The molecule has 0 amide bonds. The summed E-state index contributed by atoms with van der Waals surface area (Å²) in [6, 6.07) is 0. The average molecular weight is 744 g/mol. The summed E-state index contributed by atoms with van der Waals surface area (Å²) in [6.07, 6.45) is 0. The summed E-state index contributed by atoms with van der Waals surface area (Å²) in [5, 5.41) is 0. The largest absolute Gasteiger partial charge is 0.107 e. The first-order valence-corrected chi connectivity index (χ1v) is 0. The smallest absolute Gasteiger partial charge is 0 e.